The predicted molar refractivity (Wildman–Crippen MR) is 79.4 cm³/mol. The summed E-state index contributed by atoms with van der Waals surface area (Å²) in [6.45, 7) is 7.80. The second-order valence-electron chi connectivity index (χ2n) is 5.69. The van der Waals surface area contributed by atoms with E-state index >= 15 is 0 Å². The Balaban J connectivity index is 2.09. The molecule has 0 aliphatic carbocycles. The summed E-state index contributed by atoms with van der Waals surface area (Å²) in [7, 11) is 0. The molecule has 3 rings (SSSR count). The van der Waals surface area contributed by atoms with E-state index in [9.17, 15) is 0 Å². The van der Waals surface area contributed by atoms with Gasteiger partial charge in [-0.2, -0.15) is 0 Å². The van der Waals surface area contributed by atoms with Crippen LogP contribution >= 0.6 is 0 Å². The number of fused-ring (bicyclic) bond motifs is 1. The lowest BCUT2D eigenvalue weighted by Gasteiger charge is -2.21. The normalized spacial score (nSPS) is 15.4. The van der Waals surface area contributed by atoms with Crippen LogP contribution < -0.4 is 5.32 Å². The van der Waals surface area contributed by atoms with Crippen LogP contribution in [0.1, 0.15) is 32.4 Å². The number of aromatic nitrogens is 2. The Hall–Kier alpha value is -1.77. The second kappa shape index (κ2) is 4.72. The van der Waals surface area contributed by atoms with Gasteiger partial charge in [0.1, 0.15) is 0 Å². The smallest absolute Gasteiger partial charge is 0.0953 e. The molecule has 1 aliphatic heterocycles. The zero-order valence-electron chi connectivity index (χ0n) is 11.9. The van der Waals surface area contributed by atoms with Gasteiger partial charge in [0, 0.05) is 23.8 Å². The van der Waals surface area contributed by atoms with Crippen molar-refractivity contribution in [2.75, 3.05) is 11.9 Å². The van der Waals surface area contributed by atoms with Crippen LogP contribution in [0, 0.1) is 5.92 Å². The molecule has 0 saturated carbocycles. The van der Waals surface area contributed by atoms with Crippen LogP contribution in [0.15, 0.2) is 30.7 Å². The van der Waals surface area contributed by atoms with Gasteiger partial charge in [-0.15, -0.1) is 0 Å². The number of hydrogen-bond acceptors (Lipinski definition) is 2. The summed E-state index contributed by atoms with van der Waals surface area (Å²) in [4.78, 5) is 4.36. The number of anilines is 1. The Labute approximate surface area is 114 Å². The Morgan fingerprint density at radius 2 is 2.11 bits per heavy atom. The van der Waals surface area contributed by atoms with Crippen LogP contribution in [0.2, 0.25) is 0 Å². The SMILES string of the molecule is CC(C)C(C)n1cncc1-c1cccc2c1NCC2. The summed E-state index contributed by atoms with van der Waals surface area (Å²) in [6.07, 6.45) is 5.06. The summed E-state index contributed by atoms with van der Waals surface area (Å²) in [5.74, 6) is 0.595. The van der Waals surface area contributed by atoms with Crippen LogP contribution in [0.3, 0.4) is 0 Å². The van der Waals surface area contributed by atoms with Crippen molar-refractivity contribution in [2.45, 2.75) is 33.2 Å². The molecule has 1 N–H and O–H groups in total. The molecule has 2 aromatic rings. The van der Waals surface area contributed by atoms with E-state index in [1.165, 1.54) is 22.5 Å². The Morgan fingerprint density at radius 1 is 1.26 bits per heavy atom. The van der Waals surface area contributed by atoms with Crippen molar-refractivity contribution in [2.24, 2.45) is 5.92 Å². The van der Waals surface area contributed by atoms with Crippen LogP contribution in [-0.4, -0.2) is 16.1 Å². The van der Waals surface area contributed by atoms with E-state index in [-0.39, 0.29) is 0 Å². The zero-order chi connectivity index (χ0) is 13.4. The van der Waals surface area contributed by atoms with Crippen molar-refractivity contribution >= 4 is 5.69 Å². The first kappa shape index (κ1) is 12.3. The van der Waals surface area contributed by atoms with Gasteiger partial charge < -0.3 is 9.88 Å². The van der Waals surface area contributed by atoms with Gasteiger partial charge in [-0.25, -0.2) is 4.98 Å². The molecular weight excluding hydrogens is 234 g/mol. The molecule has 1 aromatic carbocycles. The minimum Gasteiger partial charge on any atom is -0.384 e. The highest BCUT2D eigenvalue weighted by Crippen LogP contribution is 2.35. The van der Waals surface area contributed by atoms with Crippen LogP contribution in [0.4, 0.5) is 5.69 Å². The number of nitrogens with one attached hydrogen (secondary N) is 1. The van der Waals surface area contributed by atoms with E-state index in [2.05, 4.69) is 53.8 Å². The van der Waals surface area contributed by atoms with Crippen LogP contribution in [0.5, 0.6) is 0 Å². The maximum Gasteiger partial charge on any atom is 0.0953 e. The average molecular weight is 255 g/mol. The molecule has 2 heterocycles. The third-order valence-electron chi connectivity index (χ3n) is 4.19. The van der Waals surface area contributed by atoms with Gasteiger partial charge in [-0.1, -0.05) is 32.0 Å². The second-order valence-corrected chi connectivity index (χ2v) is 5.69. The summed E-state index contributed by atoms with van der Waals surface area (Å²) in [5, 5.41) is 3.51. The largest absolute Gasteiger partial charge is 0.384 e. The first-order valence-electron chi connectivity index (χ1n) is 7.06. The Kier molecular flexibility index (Phi) is 3.05. The highest BCUT2D eigenvalue weighted by Gasteiger charge is 2.19. The van der Waals surface area contributed by atoms with Gasteiger partial charge in [-0.3, -0.25) is 0 Å². The first-order valence-corrected chi connectivity index (χ1v) is 7.06. The highest BCUT2D eigenvalue weighted by molar-refractivity contribution is 5.79. The zero-order valence-corrected chi connectivity index (χ0v) is 11.9. The molecule has 0 saturated heterocycles. The Morgan fingerprint density at radius 3 is 2.89 bits per heavy atom. The van der Waals surface area contributed by atoms with Gasteiger partial charge in [0.15, 0.2) is 0 Å². The number of hydrogen-bond donors (Lipinski definition) is 1. The van der Waals surface area contributed by atoms with Crippen LogP contribution in [-0.2, 0) is 6.42 Å². The molecule has 1 aromatic heterocycles. The molecule has 0 radical (unpaired) electrons. The summed E-state index contributed by atoms with van der Waals surface area (Å²) in [6, 6.07) is 7.01. The van der Waals surface area contributed by atoms with E-state index in [4.69, 9.17) is 0 Å². The first-order chi connectivity index (χ1) is 9.18. The van der Waals surface area contributed by atoms with Gasteiger partial charge in [-0.05, 0) is 24.8 Å². The predicted octanol–water partition coefficient (Wildman–Crippen LogP) is 3.74. The maximum atomic E-state index is 4.36. The number of para-hydroxylation sites is 1. The molecule has 3 heteroatoms. The number of rotatable bonds is 3. The lowest BCUT2D eigenvalue weighted by molar-refractivity contribution is 0.411. The standard InChI is InChI=1S/C16H21N3/c1-11(2)12(3)19-10-17-9-15(19)14-6-4-5-13-7-8-18-16(13)14/h4-6,9-12,18H,7-8H2,1-3H3. The van der Waals surface area contributed by atoms with Gasteiger partial charge in [0.25, 0.3) is 0 Å². The van der Waals surface area contributed by atoms with Crippen molar-refractivity contribution in [1.29, 1.82) is 0 Å². The molecule has 0 amide bonds. The highest BCUT2D eigenvalue weighted by atomic mass is 15.1. The Bertz CT molecular complexity index is 583. The molecule has 0 bridgehead atoms. The van der Waals surface area contributed by atoms with Crippen molar-refractivity contribution in [1.82, 2.24) is 9.55 Å². The molecular formula is C16H21N3. The summed E-state index contributed by atoms with van der Waals surface area (Å²) < 4.78 is 2.29. The number of imidazole rings is 1. The summed E-state index contributed by atoms with van der Waals surface area (Å²) >= 11 is 0. The van der Waals surface area contributed by atoms with E-state index in [1.54, 1.807) is 0 Å². The molecule has 1 aliphatic rings. The van der Waals surface area contributed by atoms with Gasteiger partial charge >= 0.3 is 0 Å². The van der Waals surface area contributed by atoms with Crippen molar-refractivity contribution in [3.8, 4) is 11.3 Å². The maximum absolute atomic E-state index is 4.36. The van der Waals surface area contributed by atoms with Gasteiger partial charge in [0.2, 0.25) is 0 Å². The molecule has 100 valence electrons. The topological polar surface area (TPSA) is 29.9 Å². The fourth-order valence-electron chi connectivity index (χ4n) is 2.71. The lowest BCUT2D eigenvalue weighted by Crippen LogP contribution is -2.12. The fraction of sp³-hybridized carbons (Fsp3) is 0.438. The quantitative estimate of drug-likeness (QED) is 0.905. The number of nitrogens with zero attached hydrogens (tertiary/aromatic N) is 2. The molecule has 19 heavy (non-hydrogen) atoms. The third kappa shape index (κ3) is 2.03. The summed E-state index contributed by atoms with van der Waals surface area (Å²) in [5.41, 5.74) is 5.20. The molecule has 3 nitrogen and oxygen atoms in total. The minimum absolute atomic E-state index is 0.453. The lowest BCUT2D eigenvalue weighted by atomic mass is 10.0. The van der Waals surface area contributed by atoms with Crippen molar-refractivity contribution < 1.29 is 0 Å². The van der Waals surface area contributed by atoms with Crippen LogP contribution in [0.25, 0.3) is 11.3 Å². The van der Waals surface area contributed by atoms with E-state index < -0.39 is 0 Å². The monoisotopic (exact) mass is 255 g/mol. The fourth-order valence-corrected chi connectivity index (χ4v) is 2.71. The number of benzene rings is 1. The molecule has 0 spiro atoms. The molecule has 0 fully saturated rings. The third-order valence-corrected chi connectivity index (χ3v) is 4.19. The van der Waals surface area contributed by atoms with Crippen molar-refractivity contribution in [3.63, 3.8) is 0 Å². The molecule has 1 atom stereocenters. The van der Waals surface area contributed by atoms with E-state index in [1.807, 2.05) is 12.5 Å². The average Bonchev–Trinajstić information content (AvgIpc) is 3.05. The van der Waals surface area contributed by atoms with E-state index in [0.29, 0.717) is 12.0 Å². The van der Waals surface area contributed by atoms with Crippen molar-refractivity contribution in [3.05, 3.63) is 36.3 Å². The minimum atomic E-state index is 0.453. The van der Waals surface area contributed by atoms with E-state index in [0.717, 1.165) is 13.0 Å². The molecule has 1 unspecified atom stereocenters. The van der Waals surface area contributed by atoms with Gasteiger partial charge in [0.05, 0.1) is 18.2 Å².